The Kier molecular flexibility index (Phi) is 26.3. The summed E-state index contributed by atoms with van der Waals surface area (Å²) in [5.74, 6) is 0. The smallest absolute Gasteiger partial charge is 0.157 e. The summed E-state index contributed by atoms with van der Waals surface area (Å²) < 4.78 is 12.2. The van der Waals surface area contributed by atoms with E-state index in [0.717, 1.165) is 31.4 Å². The maximum atomic E-state index is 6.10. The van der Waals surface area contributed by atoms with Crippen LogP contribution in [0.2, 0.25) is 0 Å². The summed E-state index contributed by atoms with van der Waals surface area (Å²) in [5.41, 5.74) is 0. The van der Waals surface area contributed by atoms with Gasteiger partial charge in [-0.1, -0.05) is 113 Å². The Balaban J connectivity index is 3.79. The second-order valence-electron chi connectivity index (χ2n) is 8.29. The van der Waals surface area contributed by atoms with E-state index in [1.807, 2.05) is 0 Å². The van der Waals surface area contributed by atoms with Gasteiger partial charge in [0.15, 0.2) is 6.29 Å². The fourth-order valence-electron chi connectivity index (χ4n) is 3.46. The number of halogens is 1. The molecule has 0 aromatic rings. The molecule has 0 atom stereocenters. The van der Waals surface area contributed by atoms with Crippen molar-refractivity contribution in [3.05, 3.63) is 12.2 Å². The molecule has 0 fully saturated rings. The number of rotatable bonds is 24. The van der Waals surface area contributed by atoms with Crippen molar-refractivity contribution in [1.29, 1.82) is 0 Å². The summed E-state index contributed by atoms with van der Waals surface area (Å²) >= 11 is 3.46. The molecule has 0 aromatic heterocycles. The zero-order chi connectivity index (χ0) is 21.3. The molecule has 0 radical (unpaired) electrons. The SMILES string of the molecule is CCCCCCCOC(CCCCCCC/C=C/CCBr)OCCCCCCC. The zero-order valence-corrected chi connectivity index (χ0v) is 21.4. The van der Waals surface area contributed by atoms with Gasteiger partial charge in [0, 0.05) is 18.5 Å². The lowest BCUT2D eigenvalue weighted by molar-refractivity contribution is -0.148. The van der Waals surface area contributed by atoms with E-state index < -0.39 is 0 Å². The average Bonchev–Trinajstić information content (AvgIpc) is 2.73. The molecule has 0 aliphatic heterocycles. The highest BCUT2D eigenvalue weighted by Gasteiger charge is 2.09. The Morgan fingerprint density at radius 3 is 1.66 bits per heavy atom. The fraction of sp³-hybridized carbons (Fsp3) is 0.923. The summed E-state index contributed by atoms with van der Waals surface area (Å²) in [6.45, 7) is 6.26. The first-order chi connectivity index (χ1) is 14.3. The van der Waals surface area contributed by atoms with Crippen LogP contribution in [0, 0.1) is 0 Å². The molecule has 0 unspecified atom stereocenters. The molecule has 0 N–H and O–H groups in total. The number of unbranched alkanes of at least 4 members (excludes halogenated alkanes) is 13. The zero-order valence-electron chi connectivity index (χ0n) is 19.8. The van der Waals surface area contributed by atoms with E-state index in [-0.39, 0.29) is 6.29 Å². The predicted molar refractivity (Wildman–Crippen MR) is 133 cm³/mol. The molecule has 174 valence electrons. The van der Waals surface area contributed by atoms with E-state index in [4.69, 9.17) is 9.47 Å². The number of hydrogen-bond acceptors (Lipinski definition) is 2. The highest BCUT2D eigenvalue weighted by atomic mass is 79.9. The summed E-state index contributed by atoms with van der Waals surface area (Å²) in [6.07, 6.45) is 27.6. The molecule has 29 heavy (non-hydrogen) atoms. The van der Waals surface area contributed by atoms with Crippen LogP contribution < -0.4 is 0 Å². The van der Waals surface area contributed by atoms with Gasteiger partial charge in [0.1, 0.15) is 0 Å². The molecule has 0 bridgehead atoms. The molecule has 2 nitrogen and oxygen atoms in total. The van der Waals surface area contributed by atoms with E-state index in [2.05, 4.69) is 41.9 Å². The standard InChI is InChI=1S/C26H51BrO2/c1-3-5-7-16-20-24-28-26(29-25-21-17-8-6-4-2)22-18-14-12-10-9-11-13-15-19-23-27/h13,15,26H,3-12,14,16-25H2,1-2H3/b15-13+. The second-order valence-corrected chi connectivity index (χ2v) is 9.09. The minimum absolute atomic E-state index is 0.0273. The average molecular weight is 476 g/mol. The van der Waals surface area contributed by atoms with E-state index in [1.165, 1.54) is 103 Å². The van der Waals surface area contributed by atoms with Gasteiger partial charge >= 0.3 is 0 Å². The Hall–Kier alpha value is 0.140. The third-order valence-corrected chi connectivity index (χ3v) is 5.81. The molecule has 0 aromatic carbocycles. The van der Waals surface area contributed by atoms with Gasteiger partial charge in [-0.2, -0.15) is 0 Å². The molecule has 0 saturated carbocycles. The molecule has 0 aliphatic rings. The molecule has 0 spiro atoms. The van der Waals surface area contributed by atoms with Crippen molar-refractivity contribution in [3.63, 3.8) is 0 Å². The van der Waals surface area contributed by atoms with Crippen LogP contribution in [-0.2, 0) is 9.47 Å². The number of ether oxygens (including phenoxy) is 2. The second kappa shape index (κ2) is 26.2. The Morgan fingerprint density at radius 1 is 0.586 bits per heavy atom. The molecular weight excluding hydrogens is 424 g/mol. The minimum atomic E-state index is 0.0273. The van der Waals surface area contributed by atoms with Crippen molar-refractivity contribution in [2.24, 2.45) is 0 Å². The summed E-state index contributed by atoms with van der Waals surface area (Å²) in [4.78, 5) is 0. The van der Waals surface area contributed by atoms with Crippen molar-refractivity contribution in [2.75, 3.05) is 18.5 Å². The first-order valence-corrected chi connectivity index (χ1v) is 13.9. The number of alkyl halides is 1. The van der Waals surface area contributed by atoms with Gasteiger partial charge in [-0.3, -0.25) is 0 Å². The topological polar surface area (TPSA) is 18.5 Å². The van der Waals surface area contributed by atoms with Crippen LogP contribution in [0.5, 0.6) is 0 Å². The lowest BCUT2D eigenvalue weighted by Crippen LogP contribution is -2.19. The normalized spacial score (nSPS) is 11.9. The number of hydrogen-bond donors (Lipinski definition) is 0. The molecule has 0 amide bonds. The van der Waals surface area contributed by atoms with Crippen LogP contribution in [-0.4, -0.2) is 24.8 Å². The van der Waals surface area contributed by atoms with E-state index in [1.54, 1.807) is 0 Å². The van der Waals surface area contributed by atoms with Crippen molar-refractivity contribution in [2.45, 2.75) is 136 Å². The molecular formula is C26H51BrO2. The lowest BCUT2D eigenvalue weighted by atomic mass is 10.1. The molecule has 0 aliphatic carbocycles. The van der Waals surface area contributed by atoms with Crippen molar-refractivity contribution >= 4 is 15.9 Å². The van der Waals surface area contributed by atoms with E-state index in [0.29, 0.717) is 0 Å². The predicted octanol–water partition coefficient (Wildman–Crippen LogP) is 9.36. The Labute approximate surface area is 191 Å². The van der Waals surface area contributed by atoms with Gasteiger partial charge in [0.2, 0.25) is 0 Å². The van der Waals surface area contributed by atoms with Crippen LogP contribution in [0.1, 0.15) is 129 Å². The Bertz CT molecular complexity index is 304. The maximum absolute atomic E-state index is 6.10. The van der Waals surface area contributed by atoms with Crippen LogP contribution in [0.25, 0.3) is 0 Å². The number of allylic oxidation sites excluding steroid dienone is 2. The molecule has 0 heterocycles. The van der Waals surface area contributed by atoms with Crippen molar-refractivity contribution < 1.29 is 9.47 Å². The Morgan fingerprint density at radius 2 is 1.07 bits per heavy atom. The fourth-order valence-corrected chi connectivity index (χ4v) is 3.72. The molecule has 3 heteroatoms. The third-order valence-electron chi connectivity index (χ3n) is 5.36. The monoisotopic (exact) mass is 474 g/mol. The van der Waals surface area contributed by atoms with Crippen LogP contribution >= 0.6 is 15.9 Å². The van der Waals surface area contributed by atoms with Crippen LogP contribution in [0.3, 0.4) is 0 Å². The quantitative estimate of drug-likeness (QED) is 0.0599. The van der Waals surface area contributed by atoms with Crippen molar-refractivity contribution in [1.82, 2.24) is 0 Å². The van der Waals surface area contributed by atoms with Gasteiger partial charge in [0.05, 0.1) is 0 Å². The minimum Gasteiger partial charge on any atom is -0.353 e. The third kappa shape index (κ3) is 24.3. The largest absolute Gasteiger partial charge is 0.353 e. The molecule has 0 saturated heterocycles. The van der Waals surface area contributed by atoms with Gasteiger partial charge in [-0.15, -0.1) is 0 Å². The van der Waals surface area contributed by atoms with Crippen LogP contribution in [0.4, 0.5) is 0 Å². The van der Waals surface area contributed by atoms with E-state index >= 15 is 0 Å². The highest BCUT2D eigenvalue weighted by Crippen LogP contribution is 2.14. The highest BCUT2D eigenvalue weighted by molar-refractivity contribution is 9.09. The molecule has 0 rings (SSSR count). The van der Waals surface area contributed by atoms with Crippen molar-refractivity contribution in [3.8, 4) is 0 Å². The summed E-state index contributed by atoms with van der Waals surface area (Å²) in [5, 5.41) is 1.08. The van der Waals surface area contributed by atoms with Gasteiger partial charge in [-0.25, -0.2) is 0 Å². The maximum Gasteiger partial charge on any atom is 0.157 e. The van der Waals surface area contributed by atoms with E-state index in [9.17, 15) is 0 Å². The van der Waals surface area contributed by atoms with Gasteiger partial charge < -0.3 is 9.47 Å². The summed E-state index contributed by atoms with van der Waals surface area (Å²) in [6, 6.07) is 0. The first-order valence-electron chi connectivity index (χ1n) is 12.8. The lowest BCUT2D eigenvalue weighted by Gasteiger charge is -2.19. The van der Waals surface area contributed by atoms with Gasteiger partial charge in [0.25, 0.3) is 0 Å². The first kappa shape index (κ1) is 29.1. The summed E-state index contributed by atoms with van der Waals surface area (Å²) in [7, 11) is 0. The van der Waals surface area contributed by atoms with Crippen LogP contribution in [0.15, 0.2) is 12.2 Å². The van der Waals surface area contributed by atoms with Gasteiger partial charge in [-0.05, 0) is 44.9 Å².